The van der Waals surface area contributed by atoms with Gasteiger partial charge in [-0.2, -0.15) is 0 Å². The summed E-state index contributed by atoms with van der Waals surface area (Å²) in [4.78, 5) is 20.1. The Balaban J connectivity index is 1.33. The second-order valence-corrected chi connectivity index (χ2v) is 12.8. The number of nitrogens with zero attached hydrogens (tertiary/aromatic N) is 2. The number of nitrogens with one attached hydrogen (secondary N) is 2. The van der Waals surface area contributed by atoms with Gasteiger partial charge in [-0.1, -0.05) is 120 Å². The van der Waals surface area contributed by atoms with Crippen LogP contribution in [0.4, 0.5) is 14.3 Å². The van der Waals surface area contributed by atoms with Crippen LogP contribution in [0, 0.1) is 5.82 Å². The van der Waals surface area contributed by atoms with Gasteiger partial charge in [-0.05, 0) is 47.2 Å². The smallest absolute Gasteiger partial charge is 0.323 e. The van der Waals surface area contributed by atoms with E-state index in [1.807, 2.05) is 42.5 Å². The predicted molar refractivity (Wildman–Crippen MR) is 180 cm³/mol. The number of amides is 2. The van der Waals surface area contributed by atoms with E-state index in [2.05, 4.69) is 39.3 Å². The fraction of sp³-hybridized carbons (Fsp3) is 0.176. The van der Waals surface area contributed by atoms with Crippen LogP contribution in [-0.2, 0) is 23.9 Å². The number of aromatic nitrogens is 1. The summed E-state index contributed by atoms with van der Waals surface area (Å²) in [5, 5.41) is 3.28. The highest BCUT2D eigenvalue weighted by Gasteiger charge is 2.21. The van der Waals surface area contributed by atoms with Crippen molar-refractivity contribution in [2.45, 2.75) is 25.3 Å². The summed E-state index contributed by atoms with van der Waals surface area (Å²) in [6.07, 6.45) is 1.16. The number of anilines is 1. The number of carbonyl (C=O) groups excluding carboxylic acids is 1. The van der Waals surface area contributed by atoms with Crippen LogP contribution in [0.2, 0.25) is 4.34 Å². The average molecular weight is 663 g/mol. The molecule has 0 bridgehead atoms. The van der Waals surface area contributed by atoms with Crippen molar-refractivity contribution in [1.82, 2.24) is 14.6 Å². The molecule has 0 radical (unpaired) electrons. The monoisotopic (exact) mass is 662 g/mol. The number of hydrogen-bond donors (Lipinski definition) is 3. The highest BCUT2D eigenvalue weighted by Crippen LogP contribution is 2.35. The maximum Gasteiger partial charge on any atom is 0.323 e. The van der Waals surface area contributed by atoms with Gasteiger partial charge in [0.1, 0.15) is 15.8 Å². The van der Waals surface area contributed by atoms with E-state index in [-0.39, 0.29) is 24.3 Å². The molecule has 0 saturated carbocycles. The quantitative estimate of drug-likeness (QED) is 0.114. The van der Waals surface area contributed by atoms with E-state index in [0.717, 1.165) is 39.2 Å². The van der Waals surface area contributed by atoms with E-state index in [1.54, 1.807) is 35.2 Å². The number of rotatable bonds is 13. The average Bonchev–Trinajstić information content (AvgIpc) is 3.42. The second-order valence-electron chi connectivity index (χ2n) is 10.4. The van der Waals surface area contributed by atoms with Crippen LogP contribution < -0.4 is 10.0 Å². The lowest BCUT2D eigenvalue weighted by Gasteiger charge is -2.26. The first-order valence-electron chi connectivity index (χ1n) is 14.4. The lowest BCUT2D eigenvalue weighted by Crippen LogP contribution is -2.38. The largest absolute Gasteiger partial charge is 0.324 e. The van der Waals surface area contributed by atoms with Crippen molar-refractivity contribution < 1.29 is 17.6 Å². The van der Waals surface area contributed by atoms with Crippen molar-refractivity contribution in [3.05, 3.63) is 142 Å². The van der Waals surface area contributed by atoms with E-state index < -0.39 is 10.9 Å². The molecular weight excluding hydrogens is 631 g/mol. The third-order valence-electron chi connectivity index (χ3n) is 7.38. The van der Waals surface area contributed by atoms with Crippen molar-refractivity contribution in [1.29, 1.82) is 0 Å². The second kappa shape index (κ2) is 15.8. The van der Waals surface area contributed by atoms with E-state index >= 15 is 0 Å². The molecule has 1 heterocycles. The first kappa shape index (κ1) is 32.3. The number of urea groups is 1. The van der Waals surface area contributed by atoms with Crippen LogP contribution in [-0.4, -0.2) is 37.4 Å². The Bertz CT molecular complexity index is 1740. The maximum atomic E-state index is 13.9. The highest BCUT2D eigenvalue weighted by atomic mass is 35.5. The van der Waals surface area contributed by atoms with Gasteiger partial charge in [-0.25, -0.2) is 27.3 Å². The number of thiazole rings is 1. The zero-order valence-corrected chi connectivity index (χ0v) is 26.7. The molecule has 2 N–H and O–H groups in total. The predicted octanol–water partition coefficient (Wildman–Crippen LogP) is 7.52. The summed E-state index contributed by atoms with van der Waals surface area (Å²) in [5.41, 5.74) is 5.17. The molecule has 232 valence electrons. The van der Waals surface area contributed by atoms with Crippen molar-refractivity contribution in [2.75, 3.05) is 18.4 Å². The zero-order valence-electron chi connectivity index (χ0n) is 24.2. The van der Waals surface area contributed by atoms with Crippen LogP contribution in [0.25, 0.3) is 11.3 Å². The minimum absolute atomic E-state index is 0.0743. The fourth-order valence-corrected chi connectivity index (χ4v) is 6.48. The number of benzene rings is 4. The van der Waals surface area contributed by atoms with Crippen LogP contribution in [0.15, 0.2) is 109 Å². The molecule has 11 heteroatoms. The molecule has 5 rings (SSSR count). The van der Waals surface area contributed by atoms with Gasteiger partial charge in [-0.3, -0.25) is 5.32 Å². The molecule has 0 spiro atoms. The van der Waals surface area contributed by atoms with Crippen molar-refractivity contribution in [3.63, 3.8) is 0 Å². The number of hydrogen-bond acceptors (Lipinski definition) is 5. The Morgan fingerprint density at radius 2 is 1.53 bits per heavy atom. The Hall–Kier alpha value is -4.09. The van der Waals surface area contributed by atoms with E-state index in [9.17, 15) is 17.6 Å². The topological polar surface area (TPSA) is 91.4 Å². The standard InChI is InChI=1S/C34H32ClFN4O3S2/c35-32-31(28-16-14-25(15-17-28)23-37-45(42)43)38-33(44-32)39-34(41)40(20-18-24-8-7-13-29(36)22-24)21-19-30(26-9-3-1-4-10-26)27-11-5-2-6-12-27/h1-17,22,30,45H,18-21,23H2,(H,37,42,43)(H,38,39,41). The molecule has 0 saturated heterocycles. The van der Waals surface area contributed by atoms with Gasteiger partial charge >= 0.3 is 6.03 Å². The van der Waals surface area contributed by atoms with Gasteiger partial charge in [0, 0.05) is 31.1 Å². The van der Waals surface area contributed by atoms with Gasteiger partial charge in [-0.15, -0.1) is 0 Å². The fourth-order valence-electron chi connectivity index (χ4n) is 5.09. The Kier molecular flexibility index (Phi) is 11.3. The van der Waals surface area contributed by atoms with E-state index in [4.69, 9.17) is 11.6 Å². The van der Waals surface area contributed by atoms with Crippen molar-refractivity contribution in [3.8, 4) is 11.3 Å². The number of thiol groups is 1. The maximum absolute atomic E-state index is 13.9. The Morgan fingerprint density at radius 3 is 2.16 bits per heavy atom. The first-order valence-corrected chi connectivity index (χ1v) is 16.8. The molecule has 0 aliphatic heterocycles. The Morgan fingerprint density at radius 1 is 0.867 bits per heavy atom. The molecule has 0 aliphatic carbocycles. The molecule has 1 aromatic heterocycles. The third kappa shape index (κ3) is 9.21. The van der Waals surface area contributed by atoms with Gasteiger partial charge in [0.05, 0.1) is 0 Å². The summed E-state index contributed by atoms with van der Waals surface area (Å²) in [6, 6.07) is 33.7. The molecule has 0 fully saturated rings. The van der Waals surface area contributed by atoms with Crippen LogP contribution in [0.3, 0.4) is 0 Å². The Labute approximate surface area is 272 Å². The SMILES string of the molecule is O=C(Nc1nc(-c2ccc(CN[SH](=O)=O)cc2)c(Cl)s1)N(CCc1cccc(F)c1)CCC(c1ccccc1)c1ccccc1. The zero-order chi connectivity index (χ0) is 31.6. The van der Waals surface area contributed by atoms with Crippen LogP contribution >= 0.6 is 22.9 Å². The highest BCUT2D eigenvalue weighted by molar-refractivity contribution is 7.70. The van der Waals surface area contributed by atoms with Crippen LogP contribution in [0.1, 0.15) is 34.6 Å². The van der Waals surface area contributed by atoms with Crippen LogP contribution in [0.5, 0.6) is 0 Å². The molecule has 2 amide bonds. The number of carbonyl (C=O) groups is 1. The molecule has 0 aliphatic rings. The normalized spacial score (nSPS) is 11.2. The molecule has 0 atom stereocenters. The molecule has 4 aromatic carbocycles. The van der Waals surface area contributed by atoms with Crippen molar-refractivity contribution >= 4 is 45.0 Å². The summed E-state index contributed by atoms with van der Waals surface area (Å²) in [6.45, 7) is 1.01. The lowest BCUT2D eigenvalue weighted by atomic mass is 9.88. The summed E-state index contributed by atoms with van der Waals surface area (Å²) < 4.78 is 38.3. The minimum atomic E-state index is -2.68. The van der Waals surface area contributed by atoms with Gasteiger partial charge < -0.3 is 4.90 Å². The van der Waals surface area contributed by atoms with Gasteiger partial charge in [0.25, 0.3) is 0 Å². The number of halogens is 2. The van der Waals surface area contributed by atoms with Gasteiger partial charge in [0.2, 0.25) is 10.9 Å². The summed E-state index contributed by atoms with van der Waals surface area (Å²) in [7, 11) is -2.68. The molecule has 5 aromatic rings. The minimum Gasteiger partial charge on any atom is -0.324 e. The first-order chi connectivity index (χ1) is 21.9. The van der Waals surface area contributed by atoms with Gasteiger partial charge in [0.15, 0.2) is 5.13 Å². The molecule has 45 heavy (non-hydrogen) atoms. The van der Waals surface area contributed by atoms with E-state index in [0.29, 0.717) is 41.1 Å². The lowest BCUT2D eigenvalue weighted by molar-refractivity contribution is 0.210. The third-order valence-corrected chi connectivity index (χ3v) is 8.96. The summed E-state index contributed by atoms with van der Waals surface area (Å²) >= 11 is 7.70. The molecule has 0 unspecified atom stereocenters. The van der Waals surface area contributed by atoms with E-state index in [1.165, 1.54) is 12.1 Å². The van der Waals surface area contributed by atoms with Crippen molar-refractivity contribution in [2.24, 2.45) is 0 Å². The summed E-state index contributed by atoms with van der Waals surface area (Å²) in [5.74, 6) is -0.239. The molecular formula is C34H32ClFN4O3S2. The molecule has 7 nitrogen and oxygen atoms in total.